The number of hydrogen-bond donors (Lipinski definition) is 1. The number of Topliss-reactive ketones (excluding diaryl/α,β-unsaturated/α-hetero) is 1. The molecule has 1 N–H and O–H groups in total. The third-order valence-electron chi connectivity index (χ3n) is 4.01. The van der Waals surface area contributed by atoms with Crippen molar-refractivity contribution < 1.29 is 9.59 Å². The maximum absolute atomic E-state index is 12.1. The van der Waals surface area contributed by atoms with Crippen LogP contribution in [0.1, 0.15) is 54.2 Å². The second kappa shape index (κ2) is 8.65. The smallest absolute Gasteiger partial charge is 0.220 e. The minimum absolute atomic E-state index is 0.00745. The molecule has 1 amide bonds. The molecule has 0 heterocycles. The third kappa shape index (κ3) is 5.20. The second-order valence-corrected chi connectivity index (χ2v) is 6.25. The molecular weight excluding hydrogens is 322 g/mol. The normalized spacial score (nSPS) is 11.8. The van der Waals surface area contributed by atoms with Gasteiger partial charge in [-0.2, -0.15) is 0 Å². The quantitative estimate of drug-likeness (QED) is 0.738. The van der Waals surface area contributed by atoms with Gasteiger partial charge in [-0.05, 0) is 36.6 Å². The highest BCUT2D eigenvalue weighted by atomic mass is 35.5. The molecule has 2 aromatic rings. The van der Waals surface area contributed by atoms with Gasteiger partial charge >= 0.3 is 0 Å². The number of aryl methyl sites for hydroxylation is 1. The van der Waals surface area contributed by atoms with E-state index in [2.05, 4.69) is 12.2 Å². The molecular formula is C20H22ClNO2. The Bertz CT molecular complexity index is 693. The van der Waals surface area contributed by atoms with Crippen LogP contribution in [0.5, 0.6) is 0 Å². The Labute approximate surface area is 148 Å². The van der Waals surface area contributed by atoms with Gasteiger partial charge in [-0.25, -0.2) is 0 Å². The number of halogens is 1. The number of hydrogen-bond acceptors (Lipinski definition) is 2. The van der Waals surface area contributed by atoms with Crippen molar-refractivity contribution in [3.05, 3.63) is 70.2 Å². The van der Waals surface area contributed by atoms with Gasteiger partial charge in [0.25, 0.3) is 0 Å². The van der Waals surface area contributed by atoms with Crippen LogP contribution in [-0.4, -0.2) is 11.7 Å². The van der Waals surface area contributed by atoms with E-state index >= 15 is 0 Å². The molecule has 0 aromatic heterocycles. The average Bonchev–Trinajstić information content (AvgIpc) is 2.60. The highest BCUT2D eigenvalue weighted by molar-refractivity contribution is 6.30. The van der Waals surface area contributed by atoms with Crippen molar-refractivity contribution in [3.63, 3.8) is 0 Å². The zero-order valence-electron chi connectivity index (χ0n) is 14.0. The number of ketones is 1. The lowest BCUT2D eigenvalue weighted by Gasteiger charge is -2.14. The number of carbonyl (C=O) groups excluding carboxylic acids is 2. The van der Waals surface area contributed by atoms with Crippen molar-refractivity contribution in [2.75, 3.05) is 0 Å². The molecule has 126 valence electrons. The van der Waals surface area contributed by atoms with Crippen molar-refractivity contribution in [1.29, 1.82) is 0 Å². The molecule has 0 aliphatic carbocycles. The first-order chi connectivity index (χ1) is 11.5. The van der Waals surface area contributed by atoms with E-state index in [1.165, 1.54) is 5.56 Å². The van der Waals surface area contributed by atoms with Gasteiger partial charge in [0.05, 0.1) is 6.04 Å². The van der Waals surface area contributed by atoms with E-state index in [1.807, 2.05) is 43.3 Å². The van der Waals surface area contributed by atoms with Crippen molar-refractivity contribution in [2.45, 2.75) is 39.2 Å². The van der Waals surface area contributed by atoms with E-state index < -0.39 is 0 Å². The van der Waals surface area contributed by atoms with Gasteiger partial charge in [0.2, 0.25) is 5.91 Å². The van der Waals surface area contributed by atoms with Crippen LogP contribution in [0.3, 0.4) is 0 Å². The minimum Gasteiger partial charge on any atom is -0.350 e. The SMILES string of the molecule is CCc1ccc(C(=O)CCC(=O)NC(C)c2ccc(Cl)cc2)cc1. The summed E-state index contributed by atoms with van der Waals surface area (Å²) in [5.74, 6) is -0.136. The Morgan fingerprint density at radius 1 is 1.00 bits per heavy atom. The molecule has 0 aliphatic heterocycles. The summed E-state index contributed by atoms with van der Waals surface area (Å²) in [5, 5.41) is 3.57. The molecule has 3 nitrogen and oxygen atoms in total. The fourth-order valence-electron chi connectivity index (χ4n) is 2.45. The molecule has 1 unspecified atom stereocenters. The van der Waals surface area contributed by atoms with Crippen LogP contribution in [0.15, 0.2) is 48.5 Å². The van der Waals surface area contributed by atoms with Crippen molar-refractivity contribution >= 4 is 23.3 Å². The van der Waals surface area contributed by atoms with Gasteiger partial charge in [0.15, 0.2) is 5.78 Å². The van der Waals surface area contributed by atoms with E-state index in [0.717, 1.165) is 12.0 Å². The van der Waals surface area contributed by atoms with Crippen molar-refractivity contribution in [3.8, 4) is 0 Å². The van der Waals surface area contributed by atoms with Gasteiger partial charge < -0.3 is 5.32 Å². The minimum atomic E-state index is -0.129. The van der Waals surface area contributed by atoms with Gasteiger partial charge in [-0.3, -0.25) is 9.59 Å². The van der Waals surface area contributed by atoms with Gasteiger partial charge in [-0.15, -0.1) is 0 Å². The summed E-state index contributed by atoms with van der Waals surface area (Å²) >= 11 is 5.86. The lowest BCUT2D eigenvalue weighted by atomic mass is 10.0. The molecule has 0 bridgehead atoms. The lowest BCUT2D eigenvalue weighted by Crippen LogP contribution is -2.26. The van der Waals surface area contributed by atoms with Crippen LogP contribution in [0, 0.1) is 0 Å². The van der Waals surface area contributed by atoms with E-state index in [4.69, 9.17) is 11.6 Å². The first kappa shape index (κ1) is 18.2. The van der Waals surface area contributed by atoms with E-state index in [1.54, 1.807) is 12.1 Å². The number of nitrogens with one attached hydrogen (secondary N) is 1. The average molecular weight is 344 g/mol. The summed E-state index contributed by atoms with van der Waals surface area (Å²) in [7, 11) is 0. The van der Waals surface area contributed by atoms with Crippen molar-refractivity contribution in [2.24, 2.45) is 0 Å². The van der Waals surface area contributed by atoms with Crippen LogP contribution < -0.4 is 5.32 Å². The Morgan fingerprint density at radius 3 is 2.21 bits per heavy atom. The number of benzene rings is 2. The van der Waals surface area contributed by atoms with Crippen LogP contribution in [0.2, 0.25) is 5.02 Å². The van der Waals surface area contributed by atoms with E-state index in [0.29, 0.717) is 10.6 Å². The molecule has 2 rings (SSSR count). The number of rotatable bonds is 7. The Balaban J connectivity index is 1.83. The topological polar surface area (TPSA) is 46.2 Å². The third-order valence-corrected chi connectivity index (χ3v) is 4.26. The van der Waals surface area contributed by atoms with Crippen LogP contribution in [0.4, 0.5) is 0 Å². The largest absolute Gasteiger partial charge is 0.350 e. The molecule has 0 fully saturated rings. The fourth-order valence-corrected chi connectivity index (χ4v) is 2.57. The summed E-state index contributed by atoms with van der Waals surface area (Å²) in [6.45, 7) is 3.98. The Morgan fingerprint density at radius 2 is 1.62 bits per heavy atom. The summed E-state index contributed by atoms with van der Waals surface area (Å²) < 4.78 is 0. The lowest BCUT2D eigenvalue weighted by molar-refractivity contribution is -0.121. The molecule has 4 heteroatoms. The standard InChI is InChI=1S/C20H22ClNO2/c1-3-15-4-6-17(7-5-15)19(23)12-13-20(24)22-14(2)16-8-10-18(21)11-9-16/h4-11,14H,3,12-13H2,1-2H3,(H,22,24). The van der Waals surface area contributed by atoms with Gasteiger partial charge in [0, 0.05) is 23.4 Å². The maximum atomic E-state index is 12.1. The zero-order chi connectivity index (χ0) is 17.5. The molecule has 0 saturated carbocycles. The Kier molecular flexibility index (Phi) is 6.56. The first-order valence-electron chi connectivity index (χ1n) is 8.16. The highest BCUT2D eigenvalue weighted by Gasteiger charge is 2.12. The Hall–Kier alpha value is -2.13. The number of carbonyl (C=O) groups is 2. The van der Waals surface area contributed by atoms with E-state index in [-0.39, 0.29) is 30.6 Å². The molecule has 24 heavy (non-hydrogen) atoms. The highest BCUT2D eigenvalue weighted by Crippen LogP contribution is 2.16. The second-order valence-electron chi connectivity index (χ2n) is 5.81. The van der Waals surface area contributed by atoms with Crippen LogP contribution in [-0.2, 0) is 11.2 Å². The molecule has 1 atom stereocenters. The molecule has 2 aromatic carbocycles. The molecule has 0 radical (unpaired) electrons. The first-order valence-corrected chi connectivity index (χ1v) is 8.54. The van der Waals surface area contributed by atoms with Crippen molar-refractivity contribution in [1.82, 2.24) is 5.32 Å². The zero-order valence-corrected chi connectivity index (χ0v) is 14.8. The molecule has 0 saturated heterocycles. The summed E-state index contributed by atoms with van der Waals surface area (Å²) in [5.41, 5.74) is 2.83. The summed E-state index contributed by atoms with van der Waals surface area (Å²) in [6.07, 6.45) is 1.34. The molecule has 0 aliphatic rings. The summed E-state index contributed by atoms with van der Waals surface area (Å²) in [6, 6.07) is 14.8. The van der Waals surface area contributed by atoms with Crippen LogP contribution >= 0.6 is 11.6 Å². The summed E-state index contributed by atoms with van der Waals surface area (Å²) in [4.78, 5) is 24.2. The van der Waals surface area contributed by atoms with Crippen LogP contribution in [0.25, 0.3) is 0 Å². The number of amides is 1. The van der Waals surface area contributed by atoms with E-state index in [9.17, 15) is 9.59 Å². The fraction of sp³-hybridized carbons (Fsp3) is 0.300. The maximum Gasteiger partial charge on any atom is 0.220 e. The van der Waals surface area contributed by atoms with Gasteiger partial charge in [-0.1, -0.05) is 54.9 Å². The molecule has 0 spiro atoms. The predicted octanol–water partition coefficient (Wildman–Crippen LogP) is 4.74. The predicted molar refractivity (Wildman–Crippen MR) is 97.4 cm³/mol. The van der Waals surface area contributed by atoms with Gasteiger partial charge in [0.1, 0.15) is 0 Å². The monoisotopic (exact) mass is 343 g/mol.